The van der Waals surface area contributed by atoms with E-state index in [1.54, 1.807) is 18.3 Å². The predicted octanol–water partition coefficient (Wildman–Crippen LogP) is 6.47. The molecule has 0 unspecified atom stereocenters. The van der Waals surface area contributed by atoms with Crippen LogP contribution in [0, 0.1) is 0 Å². The van der Waals surface area contributed by atoms with Crippen molar-refractivity contribution in [3.63, 3.8) is 0 Å². The van der Waals surface area contributed by atoms with E-state index >= 15 is 0 Å². The molecule has 0 N–H and O–H groups in total. The van der Waals surface area contributed by atoms with E-state index in [9.17, 15) is 4.79 Å². The van der Waals surface area contributed by atoms with Crippen molar-refractivity contribution >= 4 is 5.78 Å². The van der Waals surface area contributed by atoms with Crippen molar-refractivity contribution in [2.75, 3.05) is 0 Å². The minimum atomic E-state index is 0.110. The van der Waals surface area contributed by atoms with Crippen molar-refractivity contribution < 1.29 is 4.79 Å². The lowest BCUT2D eigenvalue weighted by Crippen LogP contribution is -2.02. The van der Waals surface area contributed by atoms with Crippen LogP contribution in [-0.4, -0.2) is 16.0 Å². The molecule has 0 radical (unpaired) electrons. The van der Waals surface area contributed by atoms with E-state index in [-0.39, 0.29) is 5.78 Å². The Kier molecular flexibility index (Phi) is 13.4. The van der Waals surface area contributed by atoms with Gasteiger partial charge in [-0.2, -0.15) is 5.10 Å². The Labute approximate surface area is 153 Å². The summed E-state index contributed by atoms with van der Waals surface area (Å²) in [6.45, 7) is 2.24. The zero-order valence-corrected chi connectivity index (χ0v) is 15.8. The number of Topliss-reactive ketones (excluding diaryl/α,β-unsaturated/α-hetero) is 1. The Bertz CT molecular complexity index is 494. The Balaban J connectivity index is 1.88. The lowest BCUT2D eigenvalue weighted by molar-refractivity contribution is 0.0973. The van der Waals surface area contributed by atoms with Crippen molar-refractivity contribution in [3.05, 3.63) is 48.3 Å². The van der Waals surface area contributed by atoms with Gasteiger partial charge in [0.1, 0.15) is 5.69 Å². The van der Waals surface area contributed by atoms with E-state index in [1.165, 1.54) is 51.4 Å². The summed E-state index contributed by atoms with van der Waals surface area (Å²) >= 11 is 0. The molecule has 0 fully saturated rings. The Morgan fingerprint density at radius 2 is 1.60 bits per heavy atom. The van der Waals surface area contributed by atoms with E-state index < -0.39 is 0 Å². The summed E-state index contributed by atoms with van der Waals surface area (Å²) in [6.07, 6.45) is 24.5. The van der Waals surface area contributed by atoms with Gasteiger partial charge in [0, 0.05) is 12.6 Å². The molecule has 0 atom stereocenters. The number of hydrogen-bond acceptors (Lipinski definition) is 3. The summed E-state index contributed by atoms with van der Waals surface area (Å²) in [6, 6.07) is 3.50. The maximum absolute atomic E-state index is 11.9. The highest BCUT2D eigenvalue weighted by Crippen LogP contribution is 2.10. The SMILES string of the molecule is CCCCC/C=C/C/C=C/CCCCCCCC(=O)c1cccnn1. The van der Waals surface area contributed by atoms with Crippen molar-refractivity contribution in [2.24, 2.45) is 0 Å². The molecule has 0 bridgehead atoms. The fraction of sp³-hybridized carbons (Fsp3) is 0.591. The van der Waals surface area contributed by atoms with Gasteiger partial charge in [0.15, 0.2) is 5.78 Å². The normalized spacial score (nSPS) is 11.6. The molecule has 0 aliphatic carbocycles. The molecule has 1 aromatic heterocycles. The van der Waals surface area contributed by atoms with E-state index in [1.807, 2.05) is 0 Å². The Morgan fingerprint density at radius 1 is 0.920 bits per heavy atom. The number of allylic oxidation sites excluding steroid dienone is 4. The second-order valence-corrected chi connectivity index (χ2v) is 6.51. The number of hydrogen-bond donors (Lipinski definition) is 0. The third-order valence-electron chi connectivity index (χ3n) is 4.21. The smallest absolute Gasteiger partial charge is 0.183 e. The van der Waals surface area contributed by atoms with Crippen LogP contribution in [0.25, 0.3) is 0 Å². The van der Waals surface area contributed by atoms with Crippen molar-refractivity contribution in [1.82, 2.24) is 10.2 Å². The van der Waals surface area contributed by atoms with Crippen LogP contribution in [0.4, 0.5) is 0 Å². The van der Waals surface area contributed by atoms with Gasteiger partial charge in [-0.1, -0.05) is 63.3 Å². The van der Waals surface area contributed by atoms with Crippen LogP contribution in [-0.2, 0) is 0 Å². The molecule has 0 saturated carbocycles. The molecule has 0 aliphatic rings. The van der Waals surface area contributed by atoms with Crippen LogP contribution in [0.3, 0.4) is 0 Å². The first kappa shape index (κ1) is 21.3. The minimum Gasteiger partial charge on any atom is -0.292 e. The van der Waals surface area contributed by atoms with Gasteiger partial charge >= 0.3 is 0 Å². The standard InChI is InChI=1S/C22H34N2O/c1-2-3-4-5-6-7-8-9-10-11-12-13-14-15-16-19-22(25)21-18-17-20-23-24-21/h6-7,9-10,17-18,20H,2-5,8,11-16,19H2,1H3/b7-6+,10-9+. The number of carbonyl (C=O) groups excluding carboxylic acids is 1. The van der Waals surface area contributed by atoms with Crippen LogP contribution in [0.5, 0.6) is 0 Å². The third kappa shape index (κ3) is 12.3. The van der Waals surface area contributed by atoms with Gasteiger partial charge in [0.05, 0.1) is 0 Å². The second kappa shape index (κ2) is 15.7. The van der Waals surface area contributed by atoms with E-state index in [2.05, 4.69) is 41.4 Å². The number of ketones is 1. The summed E-state index contributed by atoms with van der Waals surface area (Å²) < 4.78 is 0. The predicted molar refractivity (Wildman–Crippen MR) is 106 cm³/mol. The molecule has 0 aliphatic heterocycles. The highest BCUT2D eigenvalue weighted by Gasteiger charge is 2.06. The van der Waals surface area contributed by atoms with Crippen molar-refractivity contribution in [3.8, 4) is 0 Å². The topological polar surface area (TPSA) is 42.9 Å². The van der Waals surface area contributed by atoms with Crippen LogP contribution in [0.1, 0.15) is 94.5 Å². The molecule has 3 heteroatoms. The third-order valence-corrected chi connectivity index (χ3v) is 4.21. The molecule has 0 amide bonds. The number of aromatic nitrogens is 2. The largest absolute Gasteiger partial charge is 0.292 e. The Morgan fingerprint density at radius 3 is 2.28 bits per heavy atom. The van der Waals surface area contributed by atoms with Gasteiger partial charge in [-0.25, -0.2) is 0 Å². The minimum absolute atomic E-state index is 0.110. The molecule has 138 valence electrons. The first-order chi connectivity index (χ1) is 12.3. The van der Waals surface area contributed by atoms with Crippen molar-refractivity contribution in [1.29, 1.82) is 0 Å². The number of carbonyl (C=O) groups is 1. The second-order valence-electron chi connectivity index (χ2n) is 6.51. The average Bonchev–Trinajstić information content (AvgIpc) is 2.65. The summed E-state index contributed by atoms with van der Waals surface area (Å²) in [7, 11) is 0. The molecule has 3 nitrogen and oxygen atoms in total. The molecule has 0 saturated heterocycles. The summed E-state index contributed by atoms with van der Waals surface area (Å²) in [5.41, 5.74) is 0.493. The maximum atomic E-state index is 11.9. The molecule has 0 spiro atoms. The molecule has 1 aromatic rings. The number of rotatable bonds is 15. The van der Waals surface area contributed by atoms with Gasteiger partial charge in [0.25, 0.3) is 0 Å². The molecule has 1 rings (SSSR count). The Hall–Kier alpha value is -1.77. The van der Waals surface area contributed by atoms with Gasteiger partial charge in [-0.3, -0.25) is 4.79 Å². The first-order valence-corrected chi connectivity index (χ1v) is 9.95. The highest BCUT2D eigenvalue weighted by molar-refractivity contribution is 5.93. The fourth-order valence-corrected chi connectivity index (χ4v) is 2.68. The number of nitrogens with zero attached hydrogens (tertiary/aromatic N) is 2. The average molecular weight is 343 g/mol. The van der Waals surface area contributed by atoms with Crippen LogP contribution < -0.4 is 0 Å². The van der Waals surface area contributed by atoms with E-state index in [4.69, 9.17) is 0 Å². The zero-order chi connectivity index (χ0) is 18.0. The van der Waals surface area contributed by atoms with Crippen LogP contribution in [0.15, 0.2) is 42.6 Å². The van der Waals surface area contributed by atoms with Crippen LogP contribution in [0.2, 0.25) is 0 Å². The lowest BCUT2D eigenvalue weighted by Gasteiger charge is -2.00. The summed E-state index contributed by atoms with van der Waals surface area (Å²) in [5.74, 6) is 0.110. The first-order valence-electron chi connectivity index (χ1n) is 9.95. The highest BCUT2D eigenvalue weighted by atomic mass is 16.1. The quantitative estimate of drug-likeness (QED) is 0.208. The zero-order valence-electron chi connectivity index (χ0n) is 15.8. The van der Waals surface area contributed by atoms with Gasteiger partial charge in [-0.15, -0.1) is 5.10 Å². The van der Waals surface area contributed by atoms with Crippen molar-refractivity contribution in [2.45, 2.75) is 84.0 Å². The molecule has 25 heavy (non-hydrogen) atoms. The van der Waals surface area contributed by atoms with Gasteiger partial charge in [0.2, 0.25) is 0 Å². The van der Waals surface area contributed by atoms with E-state index in [0.29, 0.717) is 12.1 Å². The molecule has 1 heterocycles. The summed E-state index contributed by atoms with van der Waals surface area (Å²) in [4.78, 5) is 11.9. The maximum Gasteiger partial charge on any atom is 0.183 e. The van der Waals surface area contributed by atoms with Gasteiger partial charge in [-0.05, 0) is 50.7 Å². The monoisotopic (exact) mass is 342 g/mol. The lowest BCUT2D eigenvalue weighted by atomic mass is 10.1. The molecular weight excluding hydrogens is 308 g/mol. The van der Waals surface area contributed by atoms with Crippen LogP contribution >= 0.6 is 0 Å². The van der Waals surface area contributed by atoms with E-state index in [0.717, 1.165) is 19.3 Å². The fourth-order valence-electron chi connectivity index (χ4n) is 2.68. The summed E-state index contributed by atoms with van der Waals surface area (Å²) in [5, 5.41) is 7.60. The van der Waals surface area contributed by atoms with Gasteiger partial charge < -0.3 is 0 Å². The molecule has 0 aromatic carbocycles. The number of unbranched alkanes of at least 4 members (excludes halogenated alkanes) is 8. The molecular formula is C22H34N2O.